The molecule has 1 saturated carbocycles. The molecule has 2 rings (SSSR count). The van der Waals surface area contributed by atoms with Crippen molar-refractivity contribution in [2.24, 2.45) is 0 Å². The van der Waals surface area contributed by atoms with Crippen LogP contribution < -0.4 is 4.74 Å². The molecule has 1 aromatic rings. The SMILES string of the molecule is Cc1ccc(Cl)cc1OC1CCCCC1O. The van der Waals surface area contributed by atoms with Gasteiger partial charge in [0, 0.05) is 5.02 Å². The van der Waals surface area contributed by atoms with Crippen molar-refractivity contribution >= 4 is 11.6 Å². The lowest BCUT2D eigenvalue weighted by atomic mass is 9.95. The molecule has 2 unspecified atom stereocenters. The van der Waals surface area contributed by atoms with Crippen LogP contribution in [0, 0.1) is 6.92 Å². The summed E-state index contributed by atoms with van der Waals surface area (Å²) in [6.45, 7) is 1.99. The zero-order valence-electron chi connectivity index (χ0n) is 9.45. The molecule has 1 aliphatic rings. The molecule has 16 heavy (non-hydrogen) atoms. The van der Waals surface area contributed by atoms with Gasteiger partial charge in [-0.3, -0.25) is 0 Å². The Bertz CT molecular complexity index is 365. The molecule has 0 amide bonds. The van der Waals surface area contributed by atoms with Gasteiger partial charge in [-0.25, -0.2) is 0 Å². The number of aryl methyl sites for hydroxylation is 1. The maximum atomic E-state index is 9.83. The first kappa shape index (κ1) is 11.7. The number of halogens is 1. The third-order valence-electron chi connectivity index (χ3n) is 3.10. The molecule has 2 nitrogen and oxygen atoms in total. The van der Waals surface area contributed by atoms with Crippen LogP contribution in [0.2, 0.25) is 5.02 Å². The maximum absolute atomic E-state index is 9.83. The molecule has 3 heteroatoms. The van der Waals surface area contributed by atoms with Gasteiger partial charge in [-0.15, -0.1) is 0 Å². The van der Waals surface area contributed by atoms with Crippen LogP contribution in [0.3, 0.4) is 0 Å². The predicted molar refractivity (Wildman–Crippen MR) is 65.1 cm³/mol. The van der Waals surface area contributed by atoms with E-state index in [0.717, 1.165) is 37.0 Å². The number of ether oxygens (including phenoxy) is 1. The summed E-state index contributed by atoms with van der Waals surface area (Å²) in [4.78, 5) is 0. The Kier molecular flexibility index (Phi) is 3.72. The van der Waals surface area contributed by atoms with E-state index >= 15 is 0 Å². The normalized spacial score (nSPS) is 25.4. The molecule has 1 aliphatic carbocycles. The van der Waals surface area contributed by atoms with Crippen LogP contribution in [0.1, 0.15) is 31.2 Å². The number of hydrogen-bond donors (Lipinski definition) is 1. The molecule has 0 radical (unpaired) electrons. The average molecular weight is 241 g/mol. The fraction of sp³-hybridized carbons (Fsp3) is 0.538. The van der Waals surface area contributed by atoms with Crippen molar-refractivity contribution < 1.29 is 9.84 Å². The first-order chi connectivity index (χ1) is 7.66. The minimum absolute atomic E-state index is 0.0779. The Morgan fingerprint density at radius 2 is 2.06 bits per heavy atom. The van der Waals surface area contributed by atoms with Gasteiger partial charge in [-0.05, 0) is 43.9 Å². The van der Waals surface area contributed by atoms with Crippen molar-refractivity contribution in [1.29, 1.82) is 0 Å². The van der Waals surface area contributed by atoms with Gasteiger partial charge in [0.2, 0.25) is 0 Å². The second kappa shape index (κ2) is 5.07. The first-order valence-electron chi connectivity index (χ1n) is 5.77. The molecule has 1 aromatic carbocycles. The summed E-state index contributed by atoms with van der Waals surface area (Å²) in [5.41, 5.74) is 1.06. The molecule has 0 saturated heterocycles. The average Bonchev–Trinajstić information content (AvgIpc) is 2.27. The lowest BCUT2D eigenvalue weighted by Gasteiger charge is -2.28. The fourth-order valence-electron chi connectivity index (χ4n) is 2.08. The monoisotopic (exact) mass is 240 g/mol. The number of aliphatic hydroxyl groups is 1. The number of benzene rings is 1. The van der Waals surface area contributed by atoms with E-state index in [1.165, 1.54) is 0 Å². The molecule has 0 heterocycles. The zero-order valence-corrected chi connectivity index (χ0v) is 10.2. The van der Waals surface area contributed by atoms with Crippen molar-refractivity contribution in [1.82, 2.24) is 0 Å². The minimum Gasteiger partial charge on any atom is -0.487 e. The Labute approximate surface area is 101 Å². The largest absolute Gasteiger partial charge is 0.487 e. The Morgan fingerprint density at radius 3 is 2.81 bits per heavy atom. The summed E-state index contributed by atoms with van der Waals surface area (Å²) >= 11 is 5.93. The van der Waals surface area contributed by atoms with Crippen molar-refractivity contribution in [3.05, 3.63) is 28.8 Å². The molecular weight excluding hydrogens is 224 g/mol. The van der Waals surface area contributed by atoms with Crippen molar-refractivity contribution in [2.75, 3.05) is 0 Å². The number of hydrogen-bond acceptors (Lipinski definition) is 2. The van der Waals surface area contributed by atoms with E-state index in [0.29, 0.717) is 5.02 Å². The minimum atomic E-state index is -0.341. The Balaban J connectivity index is 2.10. The van der Waals surface area contributed by atoms with Crippen LogP contribution in [-0.4, -0.2) is 17.3 Å². The smallest absolute Gasteiger partial charge is 0.124 e. The summed E-state index contributed by atoms with van der Waals surface area (Å²) in [7, 11) is 0. The van der Waals surface area contributed by atoms with Crippen LogP contribution in [0.4, 0.5) is 0 Å². The van der Waals surface area contributed by atoms with Crippen LogP contribution in [-0.2, 0) is 0 Å². The van der Waals surface area contributed by atoms with Gasteiger partial charge in [0.15, 0.2) is 0 Å². The molecular formula is C13H17ClO2. The lowest BCUT2D eigenvalue weighted by molar-refractivity contribution is 0.00655. The van der Waals surface area contributed by atoms with E-state index in [2.05, 4.69) is 0 Å². The summed E-state index contributed by atoms with van der Waals surface area (Å²) in [6, 6.07) is 5.60. The van der Waals surface area contributed by atoms with Crippen molar-refractivity contribution in [3.63, 3.8) is 0 Å². The molecule has 1 fully saturated rings. The summed E-state index contributed by atoms with van der Waals surface area (Å²) in [5.74, 6) is 0.790. The van der Waals surface area contributed by atoms with Crippen molar-refractivity contribution in [2.45, 2.75) is 44.8 Å². The van der Waals surface area contributed by atoms with Gasteiger partial charge in [0.25, 0.3) is 0 Å². The first-order valence-corrected chi connectivity index (χ1v) is 6.15. The Hall–Kier alpha value is -0.730. The van der Waals surface area contributed by atoms with Gasteiger partial charge < -0.3 is 9.84 Å². The Morgan fingerprint density at radius 1 is 1.31 bits per heavy atom. The van der Waals surface area contributed by atoms with E-state index in [1.807, 2.05) is 25.1 Å². The van der Waals surface area contributed by atoms with Gasteiger partial charge >= 0.3 is 0 Å². The van der Waals surface area contributed by atoms with Crippen molar-refractivity contribution in [3.8, 4) is 5.75 Å². The second-order valence-corrected chi connectivity index (χ2v) is 4.85. The fourth-order valence-corrected chi connectivity index (χ4v) is 2.24. The highest BCUT2D eigenvalue weighted by atomic mass is 35.5. The van der Waals surface area contributed by atoms with Gasteiger partial charge in [0.1, 0.15) is 11.9 Å². The summed E-state index contributed by atoms with van der Waals surface area (Å²) in [6.07, 6.45) is 3.56. The highest BCUT2D eigenvalue weighted by Gasteiger charge is 2.25. The molecule has 2 atom stereocenters. The highest BCUT2D eigenvalue weighted by molar-refractivity contribution is 6.30. The third-order valence-corrected chi connectivity index (χ3v) is 3.33. The van der Waals surface area contributed by atoms with E-state index in [-0.39, 0.29) is 12.2 Å². The van der Waals surface area contributed by atoms with Gasteiger partial charge in [0.05, 0.1) is 6.10 Å². The summed E-state index contributed by atoms with van der Waals surface area (Å²) < 4.78 is 5.84. The molecule has 0 bridgehead atoms. The van der Waals surface area contributed by atoms with Gasteiger partial charge in [-0.2, -0.15) is 0 Å². The van der Waals surface area contributed by atoms with Crippen LogP contribution >= 0.6 is 11.6 Å². The molecule has 88 valence electrons. The standard InChI is InChI=1S/C13H17ClO2/c1-9-6-7-10(14)8-13(9)16-12-5-3-2-4-11(12)15/h6-8,11-12,15H,2-5H2,1H3. The maximum Gasteiger partial charge on any atom is 0.124 e. The zero-order chi connectivity index (χ0) is 11.5. The summed E-state index contributed by atoms with van der Waals surface area (Å²) in [5, 5.41) is 10.5. The number of aliphatic hydroxyl groups excluding tert-OH is 1. The van der Waals surface area contributed by atoms with E-state index in [4.69, 9.17) is 16.3 Å². The molecule has 0 aromatic heterocycles. The predicted octanol–water partition coefficient (Wildman–Crippen LogP) is 3.33. The quantitative estimate of drug-likeness (QED) is 0.859. The van der Waals surface area contributed by atoms with Crippen LogP contribution in [0.5, 0.6) is 5.75 Å². The van der Waals surface area contributed by atoms with Crippen LogP contribution in [0.15, 0.2) is 18.2 Å². The number of rotatable bonds is 2. The highest BCUT2D eigenvalue weighted by Crippen LogP contribution is 2.28. The topological polar surface area (TPSA) is 29.5 Å². The van der Waals surface area contributed by atoms with E-state index in [1.54, 1.807) is 0 Å². The molecule has 1 N–H and O–H groups in total. The van der Waals surface area contributed by atoms with E-state index < -0.39 is 0 Å². The molecule has 0 aliphatic heterocycles. The van der Waals surface area contributed by atoms with E-state index in [9.17, 15) is 5.11 Å². The third kappa shape index (κ3) is 2.69. The second-order valence-electron chi connectivity index (χ2n) is 4.42. The molecule has 0 spiro atoms. The lowest BCUT2D eigenvalue weighted by Crippen LogP contribution is -2.34. The van der Waals surface area contributed by atoms with Crippen LogP contribution in [0.25, 0.3) is 0 Å². The van der Waals surface area contributed by atoms with Gasteiger partial charge in [-0.1, -0.05) is 24.1 Å².